The van der Waals surface area contributed by atoms with Gasteiger partial charge in [-0.15, -0.1) is 0 Å². The van der Waals surface area contributed by atoms with Crippen LogP contribution in [0.3, 0.4) is 0 Å². The average Bonchev–Trinajstić information content (AvgIpc) is 2.94. The quantitative estimate of drug-likeness (QED) is 0.149. The third-order valence-corrected chi connectivity index (χ3v) is 7.36. The Bertz CT molecular complexity index is 966. The van der Waals surface area contributed by atoms with Gasteiger partial charge in [-0.1, -0.05) is 24.0 Å². The van der Waals surface area contributed by atoms with Gasteiger partial charge >= 0.3 is 0 Å². The molecule has 1 aromatic rings. The first-order valence-electron chi connectivity index (χ1n) is 14.1. The summed E-state index contributed by atoms with van der Waals surface area (Å²) >= 11 is 0. The van der Waals surface area contributed by atoms with Crippen molar-refractivity contribution in [3.63, 3.8) is 0 Å². The van der Waals surface area contributed by atoms with Crippen molar-refractivity contribution in [2.75, 3.05) is 39.8 Å². The largest absolute Gasteiger partial charge is 0.356 e. The van der Waals surface area contributed by atoms with Crippen LogP contribution in [0.15, 0.2) is 18.2 Å². The lowest BCUT2D eigenvalue weighted by molar-refractivity contribution is -0.125. The molecule has 0 saturated carbocycles. The van der Waals surface area contributed by atoms with Crippen LogP contribution in [0.25, 0.3) is 0 Å². The van der Waals surface area contributed by atoms with Gasteiger partial charge in [0.15, 0.2) is 0 Å². The Morgan fingerprint density at radius 3 is 2.62 bits per heavy atom. The lowest BCUT2D eigenvalue weighted by Crippen LogP contribution is -2.42. The molecule has 1 aliphatic rings. The fraction of sp³-hybridized carbons (Fsp3) is 0.600. The van der Waals surface area contributed by atoms with Crippen LogP contribution in [0.2, 0.25) is 0 Å². The van der Waals surface area contributed by atoms with Crippen molar-refractivity contribution in [1.82, 2.24) is 25.8 Å². The number of imide groups is 1. The third kappa shape index (κ3) is 12.6. The van der Waals surface area contributed by atoms with E-state index in [9.17, 15) is 19.2 Å². The van der Waals surface area contributed by atoms with Crippen molar-refractivity contribution in [2.45, 2.75) is 76.9 Å². The van der Waals surface area contributed by atoms with Crippen LogP contribution < -0.4 is 16.0 Å². The molecule has 0 aliphatic carbocycles. The normalized spacial score (nSPS) is 14.7. The Hall–Kier alpha value is -3.06. The maximum atomic E-state index is 11.7. The molecule has 1 heterocycles. The first kappa shape index (κ1) is 32.2. The number of nitrogens with one attached hydrogen (secondary N) is 3. The number of piperidine rings is 1. The standard InChI is InChI=1S/C30H45N5O4/c1-25(12-13-30(39)33-24-38)34(2)21-29-26(10-8-11-27(29)22-36)9-4-3-5-16-31-17-6-7-18-35-19-14-28(15-20-35)32-23-37/h8,10-11,22-25,28,31H,3,5-7,12-21H2,1-2H3,(H,32,37)(H,33,38,39). The topological polar surface area (TPSA) is 111 Å². The molecule has 2 rings (SSSR count). The van der Waals surface area contributed by atoms with Crippen LogP contribution in [-0.4, -0.2) is 86.7 Å². The molecular formula is C30H45N5O4. The highest BCUT2D eigenvalue weighted by Crippen LogP contribution is 2.18. The van der Waals surface area contributed by atoms with E-state index in [-0.39, 0.29) is 18.4 Å². The smallest absolute Gasteiger partial charge is 0.226 e. The first-order chi connectivity index (χ1) is 19.0. The fourth-order valence-electron chi connectivity index (χ4n) is 4.70. The maximum Gasteiger partial charge on any atom is 0.226 e. The number of unbranched alkanes of at least 4 members (excludes halogenated alkanes) is 2. The van der Waals surface area contributed by atoms with Gasteiger partial charge in [-0.2, -0.15) is 0 Å². The van der Waals surface area contributed by atoms with Crippen LogP contribution in [0.1, 0.15) is 79.8 Å². The van der Waals surface area contributed by atoms with Gasteiger partial charge in [-0.05, 0) is 83.8 Å². The zero-order valence-electron chi connectivity index (χ0n) is 23.5. The van der Waals surface area contributed by atoms with E-state index in [2.05, 4.69) is 37.6 Å². The third-order valence-electron chi connectivity index (χ3n) is 7.36. The van der Waals surface area contributed by atoms with E-state index in [0.29, 0.717) is 31.0 Å². The van der Waals surface area contributed by atoms with E-state index < -0.39 is 0 Å². The van der Waals surface area contributed by atoms with Crippen LogP contribution in [0.4, 0.5) is 0 Å². The highest BCUT2D eigenvalue weighted by molar-refractivity contribution is 5.85. The maximum absolute atomic E-state index is 11.7. The molecule has 1 atom stereocenters. The molecule has 3 N–H and O–H groups in total. The van der Waals surface area contributed by atoms with Crippen molar-refractivity contribution >= 4 is 25.0 Å². The van der Waals surface area contributed by atoms with Crippen molar-refractivity contribution in [1.29, 1.82) is 0 Å². The Labute approximate surface area is 233 Å². The van der Waals surface area contributed by atoms with Gasteiger partial charge in [0.1, 0.15) is 6.29 Å². The number of rotatable bonds is 18. The van der Waals surface area contributed by atoms with Gasteiger partial charge in [0.25, 0.3) is 0 Å². The summed E-state index contributed by atoms with van der Waals surface area (Å²) in [7, 11) is 1.96. The summed E-state index contributed by atoms with van der Waals surface area (Å²) in [6, 6.07) is 6.05. The molecular weight excluding hydrogens is 494 g/mol. The summed E-state index contributed by atoms with van der Waals surface area (Å²) in [6.07, 6.45) is 9.10. The number of benzene rings is 1. The molecule has 3 amide bonds. The number of aldehydes is 1. The lowest BCUT2D eigenvalue weighted by Gasteiger charge is -2.31. The Balaban J connectivity index is 1.69. The van der Waals surface area contributed by atoms with Gasteiger partial charge in [-0.25, -0.2) is 0 Å². The summed E-state index contributed by atoms with van der Waals surface area (Å²) < 4.78 is 0. The van der Waals surface area contributed by atoms with E-state index in [4.69, 9.17) is 0 Å². The molecule has 9 heteroatoms. The Kier molecular flexibility index (Phi) is 15.7. The lowest BCUT2D eigenvalue weighted by atomic mass is 10.00. The van der Waals surface area contributed by atoms with Crippen LogP contribution in [0, 0.1) is 11.8 Å². The molecule has 1 aromatic carbocycles. The highest BCUT2D eigenvalue weighted by atomic mass is 16.2. The molecule has 1 saturated heterocycles. The second kappa shape index (κ2) is 19.1. The zero-order valence-corrected chi connectivity index (χ0v) is 23.5. The fourth-order valence-corrected chi connectivity index (χ4v) is 4.70. The molecule has 1 fully saturated rings. The Morgan fingerprint density at radius 1 is 1.13 bits per heavy atom. The minimum Gasteiger partial charge on any atom is -0.356 e. The van der Waals surface area contributed by atoms with Gasteiger partial charge in [0, 0.05) is 55.7 Å². The van der Waals surface area contributed by atoms with Gasteiger partial charge < -0.3 is 15.5 Å². The minimum atomic E-state index is -0.291. The van der Waals surface area contributed by atoms with Gasteiger partial charge in [0.2, 0.25) is 18.7 Å². The van der Waals surface area contributed by atoms with Crippen molar-refractivity contribution in [3.8, 4) is 11.8 Å². The molecule has 1 unspecified atom stereocenters. The van der Waals surface area contributed by atoms with E-state index in [1.807, 2.05) is 26.1 Å². The monoisotopic (exact) mass is 539 g/mol. The second-order valence-electron chi connectivity index (χ2n) is 10.2. The second-order valence-corrected chi connectivity index (χ2v) is 10.2. The predicted molar refractivity (Wildman–Crippen MR) is 153 cm³/mol. The number of carbonyl (C=O) groups excluding carboxylic acids is 4. The summed E-state index contributed by atoms with van der Waals surface area (Å²) in [5, 5.41) is 8.56. The highest BCUT2D eigenvalue weighted by Gasteiger charge is 2.18. The number of carbonyl (C=O) groups is 4. The van der Waals surface area contributed by atoms with Crippen LogP contribution in [-0.2, 0) is 20.9 Å². The van der Waals surface area contributed by atoms with E-state index in [0.717, 1.165) is 88.7 Å². The molecule has 9 nitrogen and oxygen atoms in total. The Morgan fingerprint density at radius 2 is 1.90 bits per heavy atom. The molecule has 214 valence electrons. The van der Waals surface area contributed by atoms with Gasteiger partial charge in [-0.3, -0.25) is 29.4 Å². The predicted octanol–water partition coefficient (Wildman–Crippen LogP) is 2.08. The van der Waals surface area contributed by atoms with Crippen molar-refractivity contribution < 1.29 is 19.2 Å². The average molecular weight is 540 g/mol. The van der Waals surface area contributed by atoms with Crippen molar-refractivity contribution in [2.24, 2.45) is 0 Å². The summed E-state index contributed by atoms with van der Waals surface area (Å²) in [5.41, 5.74) is 2.38. The number of likely N-dealkylation sites (tertiary alicyclic amines) is 1. The molecule has 0 aromatic heterocycles. The number of amides is 3. The summed E-state index contributed by atoms with van der Waals surface area (Å²) in [6.45, 7) is 7.74. The van der Waals surface area contributed by atoms with Crippen LogP contribution >= 0.6 is 0 Å². The van der Waals surface area contributed by atoms with Crippen molar-refractivity contribution in [3.05, 3.63) is 34.9 Å². The number of nitrogens with zero attached hydrogens (tertiary/aromatic N) is 2. The van der Waals surface area contributed by atoms with E-state index in [1.165, 1.54) is 6.42 Å². The SMILES string of the molecule is CC(CCC(=O)NC=O)N(C)Cc1c(C#CCCCNCCCCN2CCC(NC=O)CC2)cccc1C=O. The van der Waals surface area contributed by atoms with E-state index in [1.54, 1.807) is 6.07 Å². The molecule has 0 spiro atoms. The van der Waals surface area contributed by atoms with Gasteiger partial charge in [0.05, 0.1) is 0 Å². The summed E-state index contributed by atoms with van der Waals surface area (Å²) in [4.78, 5) is 48.8. The van der Waals surface area contributed by atoms with E-state index >= 15 is 0 Å². The first-order valence-corrected chi connectivity index (χ1v) is 14.1. The number of hydrogen-bond acceptors (Lipinski definition) is 7. The molecule has 0 bridgehead atoms. The molecule has 39 heavy (non-hydrogen) atoms. The molecule has 0 radical (unpaired) electrons. The summed E-state index contributed by atoms with van der Waals surface area (Å²) in [5.74, 6) is 6.23. The zero-order chi connectivity index (χ0) is 28.3. The molecule has 1 aliphatic heterocycles. The van der Waals surface area contributed by atoms with Crippen LogP contribution in [0.5, 0.6) is 0 Å². The minimum absolute atomic E-state index is 0.0897. The number of hydrogen-bond donors (Lipinski definition) is 3.